The van der Waals surface area contributed by atoms with Gasteiger partial charge in [-0.3, -0.25) is 14.5 Å². The molecule has 1 aromatic rings. The minimum Gasteiger partial charge on any atom is -0.352 e. The summed E-state index contributed by atoms with van der Waals surface area (Å²) in [6.45, 7) is 8.22. The smallest absolute Gasteiger partial charge is 0.315 e. The van der Waals surface area contributed by atoms with E-state index in [0.29, 0.717) is 32.2 Å². The normalized spacial score (nSPS) is 19.0. The van der Waals surface area contributed by atoms with Crippen LogP contribution in [0.4, 0.5) is 9.18 Å². The Hall–Kier alpha value is -2.68. The lowest BCUT2D eigenvalue weighted by atomic mass is 10.0. The van der Waals surface area contributed by atoms with Gasteiger partial charge < -0.3 is 20.9 Å². The van der Waals surface area contributed by atoms with Gasteiger partial charge in [0.2, 0.25) is 11.8 Å². The molecule has 4 amide bonds. The molecule has 0 aromatic heterocycles. The van der Waals surface area contributed by atoms with Crippen molar-refractivity contribution in [2.24, 2.45) is 5.92 Å². The maximum Gasteiger partial charge on any atom is 0.315 e. The van der Waals surface area contributed by atoms with Gasteiger partial charge in [0.15, 0.2) is 0 Å². The Balaban J connectivity index is 1.46. The Morgan fingerprint density at radius 3 is 2.21 bits per heavy atom. The molecule has 1 aliphatic carbocycles. The quantitative estimate of drug-likeness (QED) is 0.538. The molecule has 2 unspecified atom stereocenters. The molecule has 2 fully saturated rings. The van der Waals surface area contributed by atoms with Crippen LogP contribution in [-0.2, 0) is 16.1 Å². The van der Waals surface area contributed by atoms with E-state index in [-0.39, 0.29) is 36.1 Å². The molecule has 0 radical (unpaired) electrons. The minimum absolute atomic E-state index is 0.0613. The third kappa shape index (κ3) is 7.16. The topological polar surface area (TPSA) is 93.8 Å². The van der Waals surface area contributed by atoms with E-state index in [1.807, 2.05) is 20.8 Å². The van der Waals surface area contributed by atoms with Gasteiger partial charge in [0.25, 0.3) is 0 Å². The number of amides is 4. The molecule has 188 valence electrons. The Kier molecular flexibility index (Phi) is 9.27. The van der Waals surface area contributed by atoms with Crippen LogP contribution in [-0.4, -0.2) is 71.9 Å². The number of hydrogen-bond acceptors (Lipinski definition) is 4. The van der Waals surface area contributed by atoms with E-state index < -0.39 is 12.1 Å². The lowest BCUT2D eigenvalue weighted by Gasteiger charge is -2.39. The molecular weight excluding hydrogens is 437 g/mol. The van der Waals surface area contributed by atoms with Crippen molar-refractivity contribution in [3.8, 4) is 0 Å². The number of nitrogens with zero attached hydrogens (tertiary/aromatic N) is 2. The van der Waals surface area contributed by atoms with Gasteiger partial charge in [-0.15, -0.1) is 0 Å². The number of carbonyl (C=O) groups excluding carboxylic acids is 3. The van der Waals surface area contributed by atoms with Crippen molar-refractivity contribution in [3.63, 3.8) is 0 Å². The van der Waals surface area contributed by atoms with Crippen LogP contribution in [0, 0.1) is 11.7 Å². The van der Waals surface area contributed by atoms with Crippen molar-refractivity contribution in [2.75, 3.05) is 26.2 Å². The molecule has 0 spiro atoms. The second-order valence-electron chi connectivity index (χ2n) is 9.70. The molecule has 1 aliphatic heterocycles. The Morgan fingerprint density at radius 1 is 1.00 bits per heavy atom. The average Bonchev–Trinajstić information content (AvgIpc) is 3.34. The van der Waals surface area contributed by atoms with Crippen molar-refractivity contribution in [2.45, 2.75) is 71.1 Å². The SMILES string of the molecule is CC(C)C(NC(=O)NCc1ccc(F)cc1)C(=O)N1CCN(C(C)C(=O)NC2CCCC2)CC1. The highest BCUT2D eigenvalue weighted by atomic mass is 19.1. The minimum atomic E-state index is -0.650. The summed E-state index contributed by atoms with van der Waals surface area (Å²) in [6, 6.07) is 4.88. The fraction of sp³-hybridized carbons (Fsp3) is 0.640. The number of urea groups is 1. The first kappa shape index (κ1) is 25.9. The van der Waals surface area contributed by atoms with Crippen LogP contribution in [0.2, 0.25) is 0 Å². The van der Waals surface area contributed by atoms with Crippen LogP contribution in [0.25, 0.3) is 0 Å². The zero-order valence-electron chi connectivity index (χ0n) is 20.5. The van der Waals surface area contributed by atoms with Gasteiger partial charge in [0, 0.05) is 38.8 Å². The van der Waals surface area contributed by atoms with Crippen LogP contribution < -0.4 is 16.0 Å². The highest BCUT2D eigenvalue weighted by molar-refractivity contribution is 5.87. The summed E-state index contributed by atoms with van der Waals surface area (Å²) in [5.74, 6) is -0.471. The number of hydrogen-bond donors (Lipinski definition) is 3. The van der Waals surface area contributed by atoms with Crippen LogP contribution in [0.5, 0.6) is 0 Å². The van der Waals surface area contributed by atoms with Gasteiger partial charge >= 0.3 is 6.03 Å². The monoisotopic (exact) mass is 475 g/mol. The van der Waals surface area contributed by atoms with Gasteiger partial charge in [-0.1, -0.05) is 38.8 Å². The van der Waals surface area contributed by atoms with Gasteiger partial charge in [-0.05, 0) is 43.4 Å². The summed E-state index contributed by atoms with van der Waals surface area (Å²) in [4.78, 5) is 42.1. The highest BCUT2D eigenvalue weighted by Gasteiger charge is 2.33. The molecular formula is C25H38FN5O3. The fourth-order valence-electron chi connectivity index (χ4n) is 4.57. The fourth-order valence-corrected chi connectivity index (χ4v) is 4.57. The molecule has 1 heterocycles. The zero-order chi connectivity index (χ0) is 24.7. The predicted octanol–water partition coefficient (Wildman–Crippen LogP) is 2.24. The van der Waals surface area contributed by atoms with Crippen molar-refractivity contribution >= 4 is 17.8 Å². The molecule has 3 N–H and O–H groups in total. The number of halogens is 1. The van der Waals surface area contributed by atoms with Crippen LogP contribution in [0.1, 0.15) is 52.0 Å². The van der Waals surface area contributed by atoms with Crippen LogP contribution in [0.15, 0.2) is 24.3 Å². The first-order valence-electron chi connectivity index (χ1n) is 12.4. The Labute approximate surface area is 201 Å². The standard InChI is InChI=1S/C25H38FN5O3/c1-17(2)22(29-25(34)27-16-19-8-10-20(26)11-9-19)24(33)31-14-12-30(13-15-31)18(3)23(32)28-21-6-4-5-7-21/h8-11,17-18,21-22H,4-7,12-16H2,1-3H3,(H,28,32)(H2,27,29,34). The van der Waals surface area contributed by atoms with Gasteiger partial charge in [0.1, 0.15) is 11.9 Å². The van der Waals surface area contributed by atoms with Crippen molar-refractivity contribution in [3.05, 3.63) is 35.6 Å². The van der Waals surface area contributed by atoms with Gasteiger partial charge in [0.05, 0.1) is 6.04 Å². The predicted molar refractivity (Wildman–Crippen MR) is 128 cm³/mol. The third-order valence-electron chi connectivity index (χ3n) is 6.84. The number of benzene rings is 1. The summed E-state index contributed by atoms with van der Waals surface area (Å²) in [5, 5.41) is 8.68. The number of nitrogens with one attached hydrogen (secondary N) is 3. The number of carbonyl (C=O) groups is 3. The summed E-state index contributed by atoms with van der Waals surface area (Å²) in [5.41, 5.74) is 0.770. The molecule has 1 saturated carbocycles. The molecule has 0 bridgehead atoms. The van der Waals surface area contributed by atoms with E-state index in [4.69, 9.17) is 0 Å². The zero-order valence-corrected chi connectivity index (χ0v) is 20.5. The molecule has 9 heteroatoms. The highest BCUT2D eigenvalue weighted by Crippen LogP contribution is 2.18. The first-order valence-corrected chi connectivity index (χ1v) is 12.4. The Bertz CT molecular complexity index is 833. The van der Waals surface area contributed by atoms with Gasteiger partial charge in [-0.2, -0.15) is 0 Å². The molecule has 8 nitrogen and oxygen atoms in total. The van der Waals surface area contributed by atoms with Crippen molar-refractivity contribution in [1.82, 2.24) is 25.8 Å². The van der Waals surface area contributed by atoms with Crippen molar-refractivity contribution in [1.29, 1.82) is 0 Å². The lowest BCUT2D eigenvalue weighted by Crippen LogP contribution is -2.59. The Morgan fingerprint density at radius 2 is 1.62 bits per heavy atom. The van der Waals surface area contributed by atoms with E-state index in [2.05, 4.69) is 20.9 Å². The van der Waals surface area contributed by atoms with E-state index in [1.54, 1.807) is 17.0 Å². The second-order valence-corrected chi connectivity index (χ2v) is 9.70. The number of rotatable bonds is 8. The van der Waals surface area contributed by atoms with Crippen molar-refractivity contribution < 1.29 is 18.8 Å². The third-order valence-corrected chi connectivity index (χ3v) is 6.84. The first-order chi connectivity index (χ1) is 16.2. The van der Waals surface area contributed by atoms with Crippen LogP contribution in [0.3, 0.4) is 0 Å². The van der Waals surface area contributed by atoms with E-state index in [9.17, 15) is 18.8 Å². The summed E-state index contributed by atoms with van der Waals surface area (Å²) >= 11 is 0. The van der Waals surface area contributed by atoms with Crippen LogP contribution >= 0.6 is 0 Å². The lowest BCUT2D eigenvalue weighted by molar-refractivity contribution is -0.137. The maximum atomic E-state index is 13.2. The molecule has 3 rings (SSSR count). The van der Waals surface area contributed by atoms with E-state index in [0.717, 1.165) is 18.4 Å². The van der Waals surface area contributed by atoms with E-state index >= 15 is 0 Å². The summed E-state index contributed by atoms with van der Waals surface area (Å²) < 4.78 is 13.0. The summed E-state index contributed by atoms with van der Waals surface area (Å²) in [7, 11) is 0. The molecule has 2 aliphatic rings. The molecule has 34 heavy (non-hydrogen) atoms. The maximum absolute atomic E-state index is 13.2. The van der Waals surface area contributed by atoms with Gasteiger partial charge in [-0.25, -0.2) is 9.18 Å². The average molecular weight is 476 g/mol. The second kappa shape index (κ2) is 12.1. The largest absolute Gasteiger partial charge is 0.352 e. The molecule has 1 saturated heterocycles. The molecule has 2 atom stereocenters. The molecule has 1 aromatic carbocycles. The number of piperazine rings is 1. The summed E-state index contributed by atoms with van der Waals surface area (Å²) in [6.07, 6.45) is 4.47. The van der Waals surface area contributed by atoms with E-state index in [1.165, 1.54) is 25.0 Å².